The third kappa shape index (κ3) is 5.37. The van der Waals surface area contributed by atoms with Crippen molar-refractivity contribution in [2.75, 3.05) is 0 Å². The fourth-order valence-electron chi connectivity index (χ4n) is 2.73. The number of hydrogen-bond donors (Lipinski definition) is 0. The molecule has 0 spiro atoms. The molecule has 0 heterocycles. The van der Waals surface area contributed by atoms with Crippen LogP contribution in [0.25, 0.3) is 0 Å². The van der Waals surface area contributed by atoms with Crippen LogP contribution in [-0.4, -0.2) is 0 Å². The fraction of sp³-hybridized carbons (Fsp3) is 1.00. The summed E-state index contributed by atoms with van der Waals surface area (Å²) in [4.78, 5) is 0. The molecule has 1 saturated carbocycles. The first-order valence-corrected chi connectivity index (χ1v) is 7.35. The molecule has 0 N–H and O–H groups in total. The molecule has 1 fully saturated rings. The van der Waals surface area contributed by atoms with Crippen molar-refractivity contribution >= 4 is 0 Å². The molecule has 1 unspecified atom stereocenters. The third-order valence-corrected chi connectivity index (χ3v) is 4.78. The quantitative estimate of drug-likeness (QED) is 0.561. The van der Waals surface area contributed by atoms with Gasteiger partial charge in [0.1, 0.15) is 0 Å². The van der Waals surface area contributed by atoms with Crippen LogP contribution in [-0.2, 0) is 0 Å². The first kappa shape index (κ1) is 16.0. The summed E-state index contributed by atoms with van der Waals surface area (Å²) in [5.41, 5.74) is 0.653. The summed E-state index contributed by atoms with van der Waals surface area (Å²) in [5, 5.41) is 0. The maximum Gasteiger partial charge on any atom is -0.0329 e. The molecule has 0 aliphatic heterocycles. The molecule has 0 aromatic carbocycles. The van der Waals surface area contributed by atoms with Gasteiger partial charge in [0.15, 0.2) is 0 Å². The normalized spacial score (nSPS) is 23.4. The first-order chi connectivity index (χ1) is 7.35. The molecule has 0 aromatic rings. The Kier molecular flexibility index (Phi) is 7.35. The summed E-state index contributed by atoms with van der Waals surface area (Å²) >= 11 is 0. The van der Waals surface area contributed by atoms with Crippen LogP contribution in [0.2, 0.25) is 0 Å². The van der Waals surface area contributed by atoms with Gasteiger partial charge in [0.2, 0.25) is 0 Å². The summed E-state index contributed by atoms with van der Waals surface area (Å²) < 4.78 is 0. The topological polar surface area (TPSA) is 0 Å². The SMILES string of the molecule is CC1CCCC1(C)C.CCC(CC)C(C)C. The average Bonchev–Trinajstić information content (AvgIpc) is 2.47. The van der Waals surface area contributed by atoms with Crippen LogP contribution in [0, 0.1) is 23.2 Å². The Balaban J connectivity index is 0.000000281. The van der Waals surface area contributed by atoms with Crippen molar-refractivity contribution in [2.45, 2.75) is 80.6 Å². The number of hydrogen-bond acceptors (Lipinski definition) is 0. The molecule has 16 heavy (non-hydrogen) atoms. The minimum absolute atomic E-state index is 0.653. The van der Waals surface area contributed by atoms with Gasteiger partial charge in [-0.1, -0.05) is 74.1 Å². The molecule has 0 aromatic heterocycles. The molecule has 0 radical (unpaired) electrons. The predicted octanol–water partition coefficient (Wildman–Crippen LogP) is 5.91. The van der Waals surface area contributed by atoms with Gasteiger partial charge in [-0.05, 0) is 29.6 Å². The van der Waals surface area contributed by atoms with E-state index in [-0.39, 0.29) is 0 Å². The zero-order valence-electron chi connectivity index (χ0n) is 12.8. The summed E-state index contributed by atoms with van der Waals surface area (Å²) in [6.07, 6.45) is 7.03. The van der Waals surface area contributed by atoms with Gasteiger partial charge in [-0.25, -0.2) is 0 Å². The molecule has 1 rings (SSSR count). The van der Waals surface area contributed by atoms with E-state index in [0.29, 0.717) is 5.41 Å². The minimum atomic E-state index is 0.653. The van der Waals surface area contributed by atoms with Gasteiger partial charge in [0.05, 0.1) is 0 Å². The van der Waals surface area contributed by atoms with Crippen LogP contribution in [0.3, 0.4) is 0 Å². The van der Waals surface area contributed by atoms with E-state index < -0.39 is 0 Å². The van der Waals surface area contributed by atoms with E-state index >= 15 is 0 Å². The molecule has 98 valence electrons. The van der Waals surface area contributed by atoms with E-state index in [1.165, 1.54) is 32.1 Å². The van der Waals surface area contributed by atoms with Crippen LogP contribution in [0.15, 0.2) is 0 Å². The second-order valence-electron chi connectivity index (χ2n) is 6.60. The van der Waals surface area contributed by atoms with Crippen molar-refractivity contribution in [1.82, 2.24) is 0 Å². The van der Waals surface area contributed by atoms with Gasteiger partial charge in [0, 0.05) is 0 Å². The Morgan fingerprint density at radius 1 is 1.12 bits per heavy atom. The largest absolute Gasteiger partial charge is 0.0651 e. The highest BCUT2D eigenvalue weighted by Crippen LogP contribution is 2.41. The maximum atomic E-state index is 2.38. The molecular weight excluding hydrogens is 192 g/mol. The molecule has 0 bridgehead atoms. The zero-order valence-corrected chi connectivity index (χ0v) is 12.8. The molecule has 1 aliphatic rings. The standard InChI is InChI=1S/C8H16.C8H18/c1-7-5-4-6-8(7,2)3;1-5-8(6-2)7(3)4/h7H,4-6H2,1-3H3;7-8H,5-6H2,1-4H3. The second kappa shape index (κ2) is 7.35. The lowest BCUT2D eigenvalue weighted by Crippen LogP contribution is -2.13. The van der Waals surface area contributed by atoms with Crippen molar-refractivity contribution in [3.63, 3.8) is 0 Å². The average molecular weight is 226 g/mol. The molecule has 0 saturated heterocycles. The van der Waals surface area contributed by atoms with Crippen molar-refractivity contribution in [3.05, 3.63) is 0 Å². The summed E-state index contributed by atoms with van der Waals surface area (Å²) in [7, 11) is 0. The lowest BCUT2D eigenvalue weighted by molar-refractivity contribution is 0.281. The fourth-order valence-corrected chi connectivity index (χ4v) is 2.73. The molecule has 1 atom stereocenters. The van der Waals surface area contributed by atoms with E-state index in [1.807, 2.05) is 0 Å². The monoisotopic (exact) mass is 226 g/mol. The highest BCUT2D eigenvalue weighted by Gasteiger charge is 2.30. The summed E-state index contributed by atoms with van der Waals surface area (Å²) in [6, 6.07) is 0. The van der Waals surface area contributed by atoms with E-state index in [4.69, 9.17) is 0 Å². The van der Waals surface area contributed by atoms with Gasteiger partial charge in [-0.2, -0.15) is 0 Å². The molecule has 0 nitrogen and oxygen atoms in total. The lowest BCUT2D eigenvalue weighted by Gasteiger charge is -2.22. The molecule has 0 amide bonds. The van der Waals surface area contributed by atoms with Crippen LogP contribution in [0.5, 0.6) is 0 Å². The van der Waals surface area contributed by atoms with E-state index in [0.717, 1.165) is 17.8 Å². The van der Waals surface area contributed by atoms with Crippen molar-refractivity contribution in [3.8, 4) is 0 Å². The van der Waals surface area contributed by atoms with E-state index in [2.05, 4.69) is 48.5 Å². The Bertz CT molecular complexity index is 163. The van der Waals surface area contributed by atoms with Gasteiger partial charge >= 0.3 is 0 Å². The van der Waals surface area contributed by atoms with Crippen LogP contribution >= 0.6 is 0 Å². The predicted molar refractivity (Wildman–Crippen MR) is 75.7 cm³/mol. The Morgan fingerprint density at radius 3 is 1.69 bits per heavy atom. The summed E-state index contributed by atoms with van der Waals surface area (Å²) in [6.45, 7) is 16.3. The molecular formula is C16H34. The highest BCUT2D eigenvalue weighted by molar-refractivity contribution is 4.81. The zero-order chi connectivity index (χ0) is 12.8. The lowest BCUT2D eigenvalue weighted by atomic mass is 9.83. The van der Waals surface area contributed by atoms with Gasteiger partial charge in [0.25, 0.3) is 0 Å². The molecule has 1 aliphatic carbocycles. The third-order valence-electron chi connectivity index (χ3n) is 4.78. The van der Waals surface area contributed by atoms with E-state index in [1.54, 1.807) is 0 Å². The van der Waals surface area contributed by atoms with Crippen LogP contribution < -0.4 is 0 Å². The first-order valence-electron chi connectivity index (χ1n) is 7.35. The van der Waals surface area contributed by atoms with E-state index in [9.17, 15) is 0 Å². The Labute approximate surface area is 104 Å². The van der Waals surface area contributed by atoms with Crippen molar-refractivity contribution in [2.24, 2.45) is 23.2 Å². The number of rotatable bonds is 3. The maximum absolute atomic E-state index is 2.38. The minimum Gasteiger partial charge on any atom is -0.0651 e. The van der Waals surface area contributed by atoms with Crippen molar-refractivity contribution in [1.29, 1.82) is 0 Å². The van der Waals surface area contributed by atoms with Crippen molar-refractivity contribution < 1.29 is 0 Å². The van der Waals surface area contributed by atoms with Crippen LogP contribution in [0.1, 0.15) is 80.6 Å². The van der Waals surface area contributed by atoms with Crippen LogP contribution in [0.4, 0.5) is 0 Å². The Morgan fingerprint density at radius 2 is 1.62 bits per heavy atom. The summed E-state index contributed by atoms with van der Waals surface area (Å²) in [5.74, 6) is 2.79. The van der Waals surface area contributed by atoms with Gasteiger partial charge < -0.3 is 0 Å². The second-order valence-corrected chi connectivity index (χ2v) is 6.60. The highest BCUT2D eigenvalue weighted by atomic mass is 14.4. The van der Waals surface area contributed by atoms with Gasteiger partial charge in [-0.3, -0.25) is 0 Å². The Hall–Kier alpha value is 0. The molecule has 0 heteroatoms. The smallest absolute Gasteiger partial charge is 0.0329 e. The van der Waals surface area contributed by atoms with Gasteiger partial charge in [-0.15, -0.1) is 0 Å².